The highest BCUT2D eigenvalue weighted by atomic mass is 35.5. The Morgan fingerprint density at radius 3 is 2.64 bits per heavy atom. The van der Waals surface area contributed by atoms with E-state index in [2.05, 4.69) is 0 Å². The summed E-state index contributed by atoms with van der Waals surface area (Å²) in [6.45, 7) is 0.0301. The van der Waals surface area contributed by atoms with Gasteiger partial charge >= 0.3 is 6.03 Å². The third-order valence-corrected chi connectivity index (χ3v) is 5.86. The Morgan fingerprint density at radius 1 is 1.07 bits per heavy atom. The van der Waals surface area contributed by atoms with Crippen molar-refractivity contribution in [3.05, 3.63) is 83.1 Å². The van der Waals surface area contributed by atoms with Crippen molar-refractivity contribution in [2.75, 3.05) is 16.3 Å². The highest BCUT2D eigenvalue weighted by Gasteiger charge is 2.33. The van der Waals surface area contributed by atoms with Crippen molar-refractivity contribution >= 4 is 41.0 Å². The predicted molar refractivity (Wildman–Crippen MR) is 111 cm³/mol. The van der Waals surface area contributed by atoms with E-state index in [-0.39, 0.29) is 23.2 Å². The number of benzene rings is 3. The van der Waals surface area contributed by atoms with Crippen molar-refractivity contribution in [1.29, 1.82) is 0 Å². The average Bonchev–Trinajstić information content (AvgIpc) is 2.72. The molecule has 0 saturated carbocycles. The lowest BCUT2D eigenvalue weighted by Crippen LogP contribution is -2.43. The fraction of sp³-hybridized carbons (Fsp3) is 0.0952. The zero-order valence-corrected chi connectivity index (χ0v) is 16.5. The number of nitrogens with zero attached hydrogens (tertiary/aromatic N) is 2. The fourth-order valence-electron chi connectivity index (χ4n) is 3.00. The van der Waals surface area contributed by atoms with Crippen LogP contribution in [0.2, 0.25) is 5.02 Å². The maximum atomic E-state index is 14.4. The van der Waals surface area contributed by atoms with E-state index in [1.54, 1.807) is 29.6 Å². The molecule has 0 N–H and O–H groups in total. The van der Waals surface area contributed by atoms with Crippen LogP contribution < -0.4 is 13.9 Å². The van der Waals surface area contributed by atoms with Gasteiger partial charge in [0, 0.05) is 16.7 Å². The molecule has 0 fully saturated rings. The average molecular weight is 415 g/mol. The molecular formula is C21H16ClFN2O2S. The van der Waals surface area contributed by atoms with E-state index in [1.807, 2.05) is 42.5 Å². The lowest BCUT2D eigenvalue weighted by molar-refractivity contribution is 0.254. The number of hydrogen-bond donors (Lipinski definition) is 0. The summed E-state index contributed by atoms with van der Waals surface area (Å²) in [5.41, 5.74) is 1.68. The fourth-order valence-corrected chi connectivity index (χ4v) is 4.23. The van der Waals surface area contributed by atoms with Crippen LogP contribution in [-0.4, -0.2) is 13.1 Å². The Morgan fingerprint density at radius 2 is 1.86 bits per heavy atom. The lowest BCUT2D eigenvalue weighted by atomic mass is 10.2. The van der Waals surface area contributed by atoms with Gasteiger partial charge in [-0.05, 0) is 48.3 Å². The zero-order chi connectivity index (χ0) is 19.7. The molecule has 0 bridgehead atoms. The summed E-state index contributed by atoms with van der Waals surface area (Å²) >= 11 is 7.52. The van der Waals surface area contributed by atoms with Crippen LogP contribution in [0.1, 0.15) is 5.56 Å². The molecule has 28 heavy (non-hydrogen) atoms. The van der Waals surface area contributed by atoms with Crippen LogP contribution in [-0.2, 0) is 6.54 Å². The lowest BCUT2D eigenvalue weighted by Gasteiger charge is -2.36. The molecule has 1 aliphatic heterocycles. The number of urea groups is 1. The van der Waals surface area contributed by atoms with Crippen LogP contribution in [0.15, 0.2) is 71.6 Å². The quantitative estimate of drug-likeness (QED) is 0.480. The smallest absolute Gasteiger partial charge is 0.339 e. The molecule has 0 unspecified atom stereocenters. The number of methoxy groups -OCH3 is 1. The highest BCUT2D eigenvalue weighted by molar-refractivity contribution is 8.01. The minimum atomic E-state index is -0.441. The Hall–Kier alpha value is -2.70. The summed E-state index contributed by atoms with van der Waals surface area (Å²) in [5, 5.41) is 0.288. The highest BCUT2D eigenvalue weighted by Crippen LogP contribution is 2.42. The molecule has 3 aromatic carbocycles. The SMILES string of the molecule is COc1cccc(N2Sc3ccccc3N(Cc3c(F)cccc3Cl)C2=O)c1. The largest absolute Gasteiger partial charge is 0.497 e. The van der Waals surface area contributed by atoms with E-state index >= 15 is 0 Å². The number of hydrogen-bond acceptors (Lipinski definition) is 3. The number of carbonyl (C=O) groups is 1. The third kappa shape index (κ3) is 3.41. The Balaban J connectivity index is 1.77. The third-order valence-electron chi connectivity index (χ3n) is 4.42. The number of rotatable bonds is 4. The molecule has 142 valence electrons. The summed E-state index contributed by atoms with van der Waals surface area (Å²) in [6, 6.07) is 19.0. The van der Waals surface area contributed by atoms with Crippen molar-refractivity contribution in [2.24, 2.45) is 0 Å². The molecular weight excluding hydrogens is 399 g/mol. The molecule has 4 nitrogen and oxygen atoms in total. The standard InChI is InChI=1S/C21H16ClFN2O2S/c1-27-15-7-4-6-14(12-15)25-21(26)24(19-10-2-3-11-20(19)28-25)13-16-17(22)8-5-9-18(16)23/h2-12H,13H2,1H3. The number of fused-ring (bicyclic) bond motifs is 1. The number of halogens is 2. The van der Waals surface area contributed by atoms with E-state index < -0.39 is 5.82 Å². The maximum absolute atomic E-state index is 14.4. The normalized spacial score (nSPS) is 13.5. The number of carbonyl (C=O) groups excluding carboxylic acids is 1. The summed E-state index contributed by atoms with van der Waals surface area (Å²) < 4.78 is 21.2. The van der Waals surface area contributed by atoms with Crippen LogP contribution in [0.4, 0.5) is 20.6 Å². The number of para-hydroxylation sites is 1. The molecule has 0 spiro atoms. The van der Waals surface area contributed by atoms with Crippen molar-refractivity contribution in [3.8, 4) is 5.75 Å². The molecule has 0 aliphatic carbocycles. The van der Waals surface area contributed by atoms with Crippen LogP contribution in [0, 0.1) is 5.82 Å². The van der Waals surface area contributed by atoms with Crippen LogP contribution in [0.3, 0.4) is 0 Å². The van der Waals surface area contributed by atoms with Crippen LogP contribution >= 0.6 is 23.5 Å². The topological polar surface area (TPSA) is 32.8 Å². The predicted octanol–water partition coefficient (Wildman–Crippen LogP) is 6.14. The van der Waals surface area contributed by atoms with E-state index in [0.29, 0.717) is 11.4 Å². The maximum Gasteiger partial charge on any atom is 0.339 e. The number of amides is 2. The van der Waals surface area contributed by atoms with E-state index in [1.165, 1.54) is 22.9 Å². The Kier molecular flexibility index (Phi) is 5.15. The van der Waals surface area contributed by atoms with Gasteiger partial charge in [-0.15, -0.1) is 0 Å². The first-order chi connectivity index (χ1) is 13.6. The first-order valence-corrected chi connectivity index (χ1v) is 9.69. The second-order valence-electron chi connectivity index (χ2n) is 6.12. The summed E-state index contributed by atoms with van der Waals surface area (Å²) in [6.07, 6.45) is 0. The van der Waals surface area contributed by atoms with E-state index in [4.69, 9.17) is 16.3 Å². The van der Waals surface area contributed by atoms with Gasteiger partial charge in [0.15, 0.2) is 0 Å². The van der Waals surface area contributed by atoms with Gasteiger partial charge in [0.05, 0.1) is 29.9 Å². The second kappa shape index (κ2) is 7.73. The zero-order valence-electron chi connectivity index (χ0n) is 14.9. The van der Waals surface area contributed by atoms with Crippen LogP contribution in [0.5, 0.6) is 5.75 Å². The Bertz CT molecular complexity index is 1030. The first kappa shape index (κ1) is 18.7. The van der Waals surface area contributed by atoms with Gasteiger partial charge in [0.2, 0.25) is 0 Å². The molecule has 2 amide bonds. The molecule has 1 heterocycles. The molecule has 0 atom stereocenters. The van der Waals surface area contributed by atoms with Gasteiger partial charge < -0.3 is 4.74 Å². The van der Waals surface area contributed by atoms with Gasteiger partial charge in [-0.25, -0.2) is 13.5 Å². The summed E-state index contributed by atoms with van der Waals surface area (Å²) in [4.78, 5) is 15.8. The first-order valence-electron chi connectivity index (χ1n) is 8.54. The molecule has 0 aromatic heterocycles. The summed E-state index contributed by atoms with van der Waals surface area (Å²) in [5.74, 6) is 0.206. The van der Waals surface area contributed by atoms with Gasteiger partial charge in [-0.2, -0.15) is 0 Å². The number of ether oxygens (including phenoxy) is 1. The molecule has 0 saturated heterocycles. The van der Waals surface area contributed by atoms with Gasteiger partial charge in [0.25, 0.3) is 0 Å². The minimum Gasteiger partial charge on any atom is -0.497 e. The van der Waals surface area contributed by atoms with Crippen molar-refractivity contribution in [1.82, 2.24) is 0 Å². The van der Waals surface area contributed by atoms with Gasteiger partial charge in [0.1, 0.15) is 11.6 Å². The molecule has 3 aromatic rings. The van der Waals surface area contributed by atoms with E-state index in [0.717, 1.165) is 10.6 Å². The van der Waals surface area contributed by atoms with Crippen molar-refractivity contribution in [3.63, 3.8) is 0 Å². The molecule has 7 heteroatoms. The molecule has 0 radical (unpaired) electrons. The second-order valence-corrected chi connectivity index (χ2v) is 7.52. The molecule has 1 aliphatic rings. The minimum absolute atomic E-state index is 0.0301. The van der Waals surface area contributed by atoms with Gasteiger partial charge in [-0.3, -0.25) is 4.90 Å². The van der Waals surface area contributed by atoms with Gasteiger partial charge in [-0.1, -0.05) is 35.9 Å². The van der Waals surface area contributed by atoms with Crippen LogP contribution in [0.25, 0.3) is 0 Å². The summed E-state index contributed by atoms with van der Waals surface area (Å²) in [7, 11) is 1.58. The van der Waals surface area contributed by atoms with Crippen molar-refractivity contribution < 1.29 is 13.9 Å². The van der Waals surface area contributed by atoms with Crippen molar-refractivity contribution in [2.45, 2.75) is 11.4 Å². The Labute approximate surface area is 171 Å². The number of anilines is 2. The monoisotopic (exact) mass is 414 g/mol. The molecule has 4 rings (SSSR count). The van der Waals surface area contributed by atoms with E-state index in [9.17, 15) is 9.18 Å².